The van der Waals surface area contributed by atoms with Gasteiger partial charge in [-0.2, -0.15) is 0 Å². The lowest BCUT2D eigenvalue weighted by molar-refractivity contribution is -0.115. The molecule has 0 unspecified atom stereocenters. The van der Waals surface area contributed by atoms with Crippen LogP contribution in [0.3, 0.4) is 0 Å². The van der Waals surface area contributed by atoms with E-state index < -0.39 is 5.82 Å². The standard InChI is InChI=1S/C20H15F2N3O2S2/c1-27-15-7-13(22)8-16-19(15)25-20(29-16)24-17(26)9-14-10-28-18(23-14)6-11-2-4-12(21)5-3-11/h2-5,7-8,10H,6,9H2,1H3,(H,24,25,26). The average molecular weight is 431 g/mol. The largest absolute Gasteiger partial charge is 0.494 e. The van der Waals surface area contributed by atoms with Gasteiger partial charge in [-0.05, 0) is 23.8 Å². The molecule has 0 aliphatic carbocycles. The van der Waals surface area contributed by atoms with Crippen molar-refractivity contribution in [3.8, 4) is 5.75 Å². The molecule has 4 rings (SSSR count). The quantitative estimate of drug-likeness (QED) is 0.476. The van der Waals surface area contributed by atoms with Crippen LogP contribution in [0.2, 0.25) is 0 Å². The number of methoxy groups -OCH3 is 1. The van der Waals surface area contributed by atoms with E-state index in [9.17, 15) is 13.6 Å². The van der Waals surface area contributed by atoms with Gasteiger partial charge in [0.25, 0.3) is 0 Å². The second-order valence-electron chi connectivity index (χ2n) is 6.23. The molecule has 0 saturated carbocycles. The van der Waals surface area contributed by atoms with Gasteiger partial charge in [-0.3, -0.25) is 4.79 Å². The van der Waals surface area contributed by atoms with Crippen LogP contribution >= 0.6 is 22.7 Å². The molecule has 0 spiro atoms. The zero-order valence-corrected chi connectivity index (χ0v) is 16.9. The first-order valence-corrected chi connectivity index (χ1v) is 10.3. The number of aromatic nitrogens is 2. The van der Waals surface area contributed by atoms with E-state index >= 15 is 0 Å². The predicted octanol–water partition coefficient (Wildman–Crippen LogP) is 4.81. The minimum absolute atomic E-state index is 0.0986. The minimum atomic E-state index is -0.424. The topological polar surface area (TPSA) is 64.1 Å². The molecule has 0 aliphatic rings. The Morgan fingerprint density at radius 1 is 1.14 bits per heavy atom. The summed E-state index contributed by atoms with van der Waals surface area (Å²) >= 11 is 2.63. The van der Waals surface area contributed by atoms with Crippen LogP contribution in [0.5, 0.6) is 5.75 Å². The van der Waals surface area contributed by atoms with Gasteiger partial charge in [-0.25, -0.2) is 18.7 Å². The summed E-state index contributed by atoms with van der Waals surface area (Å²) in [5.74, 6) is -0.642. The number of hydrogen-bond acceptors (Lipinski definition) is 6. The number of benzene rings is 2. The van der Waals surface area contributed by atoms with Gasteiger partial charge >= 0.3 is 0 Å². The highest BCUT2D eigenvalue weighted by Gasteiger charge is 2.14. The van der Waals surface area contributed by atoms with Crippen molar-refractivity contribution >= 4 is 43.9 Å². The summed E-state index contributed by atoms with van der Waals surface area (Å²) in [6.07, 6.45) is 0.678. The number of carbonyl (C=O) groups excluding carboxylic acids is 1. The first-order valence-electron chi connectivity index (χ1n) is 8.62. The van der Waals surface area contributed by atoms with Gasteiger partial charge in [0.15, 0.2) is 5.13 Å². The Morgan fingerprint density at radius 2 is 1.93 bits per heavy atom. The predicted molar refractivity (Wildman–Crippen MR) is 110 cm³/mol. The molecule has 2 aromatic heterocycles. The van der Waals surface area contributed by atoms with E-state index in [1.165, 1.54) is 54.0 Å². The number of hydrogen-bond donors (Lipinski definition) is 1. The number of carbonyl (C=O) groups is 1. The molecule has 2 heterocycles. The second-order valence-corrected chi connectivity index (χ2v) is 8.21. The van der Waals surface area contributed by atoms with Crippen molar-refractivity contribution in [2.24, 2.45) is 0 Å². The van der Waals surface area contributed by atoms with E-state index in [1.807, 2.05) is 5.38 Å². The van der Waals surface area contributed by atoms with Crippen molar-refractivity contribution in [2.45, 2.75) is 12.8 Å². The normalized spacial score (nSPS) is 11.0. The van der Waals surface area contributed by atoms with E-state index in [-0.39, 0.29) is 18.1 Å². The molecule has 0 saturated heterocycles. The Hall–Kier alpha value is -2.91. The summed E-state index contributed by atoms with van der Waals surface area (Å²) in [4.78, 5) is 21.1. The smallest absolute Gasteiger partial charge is 0.232 e. The molecule has 0 bridgehead atoms. The van der Waals surface area contributed by atoms with Crippen LogP contribution in [0, 0.1) is 11.6 Å². The fraction of sp³-hybridized carbons (Fsp3) is 0.150. The molecule has 29 heavy (non-hydrogen) atoms. The Morgan fingerprint density at radius 3 is 2.69 bits per heavy atom. The molecule has 0 atom stereocenters. The Balaban J connectivity index is 1.42. The summed E-state index contributed by atoms with van der Waals surface area (Å²) in [6, 6.07) is 8.87. The van der Waals surface area contributed by atoms with Crippen molar-refractivity contribution in [1.29, 1.82) is 0 Å². The van der Waals surface area contributed by atoms with Crippen LogP contribution in [-0.4, -0.2) is 23.0 Å². The minimum Gasteiger partial charge on any atom is -0.494 e. The summed E-state index contributed by atoms with van der Waals surface area (Å²) in [7, 11) is 1.44. The maximum atomic E-state index is 13.6. The second kappa shape index (κ2) is 8.22. The van der Waals surface area contributed by atoms with Gasteiger partial charge in [0, 0.05) is 17.9 Å². The van der Waals surface area contributed by atoms with Gasteiger partial charge in [0.05, 0.1) is 28.9 Å². The van der Waals surface area contributed by atoms with Crippen molar-refractivity contribution < 1.29 is 18.3 Å². The van der Waals surface area contributed by atoms with E-state index in [1.54, 1.807) is 12.1 Å². The third-order valence-corrected chi connectivity index (χ3v) is 5.92. The molecule has 0 radical (unpaired) electrons. The van der Waals surface area contributed by atoms with Gasteiger partial charge in [0.2, 0.25) is 5.91 Å². The molecule has 0 aliphatic heterocycles. The van der Waals surface area contributed by atoms with Crippen molar-refractivity contribution in [1.82, 2.24) is 9.97 Å². The van der Waals surface area contributed by atoms with Crippen molar-refractivity contribution in [3.63, 3.8) is 0 Å². The maximum absolute atomic E-state index is 13.6. The highest BCUT2D eigenvalue weighted by molar-refractivity contribution is 7.22. The molecule has 2 aromatic carbocycles. The summed E-state index contributed by atoms with van der Waals surface area (Å²) < 4.78 is 32.3. The van der Waals surface area contributed by atoms with Gasteiger partial charge in [-0.15, -0.1) is 11.3 Å². The molecule has 0 fully saturated rings. The molecule has 9 heteroatoms. The van der Waals surface area contributed by atoms with Crippen LogP contribution in [0.1, 0.15) is 16.3 Å². The zero-order chi connectivity index (χ0) is 20.4. The Labute approximate surface area is 173 Å². The molecular weight excluding hydrogens is 416 g/mol. The number of nitrogens with one attached hydrogen (secondary N) is 1. The summed E-state index contributed by atoms with van der Waals surface area (Å²) in [6.45, 7) is 0. The molecular formula is C20H15F2N3O2S2. The van der Waals surface area contributed by atoms with E-state index in [4.69, 9.17) is 4.74 Å². The number of anilines is 1. The average Bonchev–Trinajstić information content (AvgIpc) is 3.29. The van der Waals surface area contributed by atoms with Crippen LogP contribution in [0.4, 0.5) is 13.9 Å². The van der Waals surface area contributed by atoms with E-state index in [2.05, 4.69) is 15.3 Å². The van der Waals surface area contributed by atoms with Crippen LogP contribution in [-0.2, 0) is 17.6 Å². The first kappa shape index (κ1) is 19.4. The number of rotatable bonds is 6. The maximum Gasteiger partial charge on any atom is 0.232 e. The number of fused-ring (bicyclic) bond motifs is 1. The van der Waals surface area contributed by atoms with Crippen LogP contribution in [0.15, 0.2) is 41.8 Å². The van der Waals surface area contributed by atoms with E-state index in [0.717, 1.165) is 10.6 Å². The Bertz CT molecular complexity index is 1170. The van der Waals surface area contributed by atoms with Crippen LogP contribution < -0.4 is 10.1 Å². The third-order valence-electron chi connectivity index (χ3n) is 4.10. The van der Waals surface area contributed by atoms with Crippen molar-refractivity contribution in [2.75, 3.05) is 12.4 Å². The monoisotopic (exact) mass is 431 g/mol. The molecule has 4 aromatic rings. The SMILES string of the molecule is COc1cc(F)cc2sc(NC(=O)Cc3csc(Cc4ccc(F)cc4)n3)nc12. The van der Waals surface area contributed by atoms with E-state index in [0.29, 0.717) is 33.2 Å². The highest BCUT2D eigenvalue weighted by Crippen LogP contribution is 2.33. The number of nitrogens with zero attached hydrogens (tertiary/aromatic N) is 2. The first-order chi connectivity index (χ1) is 14.0. The molecule has 5 nitrogen and oxygen atoms in total. The van der Waals surface area contributed by atoms with Crippen molar-refractivity contribution in [3.05, 3.63) is 69.7 Å². The Kier molecular flexibility index (Phi) is 5.50. The fourth-order valence-electron chi connectivity index (χ4n) is 2.79. The molecule has 148 valence electrons. The molecule has 1 N–H and O–H groups in total. The van der Waals surface area contributed by atoms with Gasteiger partial charge in [0.1, 0.15) is 22.9 Å². The van der Waals surface area contributed by atoms with Crippen LogP contribution in [0.25, 0.3) is 10.2 Å². The lowest BCUT2D eigenvalue weighted by Gasteiger charge is -2.00. The lowest BCUT2D eigenvalue weighted by atomic mass is 10.1. The number of halogens is 2. The summed E-state index contributed by atoms with van der Waals surface area (Å²) in [5.41, 5.74) is 2.10. The third kappa shape index (κ3) is 4.57. The number of amides is 1. The van der Waals surface area contributed by atoms with Gasteiger partial charge in [-0.1, -0.05) is 23.5 Å². The zero-order valence-electron chi connectivity index (χ0n) is 15.2. The fourth-order valence-corrected chi connectivity index (χ4v) is 4.54. The number of thiazole rings is 2. The highest BCUT2D eigenvalue weighted by atomic mass is 32.1. The molecule has 1 amide bonds. The lowest BCUT2D eigenvalue weighted by Crippen LogP contribution is -2.14. The summed E-state index contributed by atoms with van der Waals surface area (Å²) in [5, 5.41) is 5.78. The number of ether oxygens (including phenoxy) is 1. The van der Waals surface area contributed by atoms with Gasteiger partial charge < -0.3 is 10.1 Å².